The topological polar surface area (TPSA) is 27.3 Å². The molecule has 0 atom stereocenters. The highest BCUT2D eigenvalue weighted by atomic mass is 15.2. The van der Waals surface area contributed by atoms with Gasteiger partial charge in [-0.05, 0) is 30.0 Å². The normalized spacial score (nSPS) is 20.7. The Morgan fingerprint density at radius 3 is 2.88 bits per heavy atom. The number of aryl methyl sites for hydroxylation is 1. The Morgan fingerprint density at radius 1 is 1.12 bits per heavy atom. The minimum Gasteiger partial charge on any atom is -0.385 e. The first-order valence-corrected chi connectivity index (χ1v) is 6.70. The first kappa shape index (κ1) is 11.1. The summed E-state index contributed by atoms with van der Waals surface area (Å²) in [6.07, 6.45) is 2.50. The van der Waals surface area contributed by atoms with Gasteiger partial charge in [0.1, 0.15) is 0 Å². The van der Waals surface area contributed by atoms with Crippen molar-refractivity contribution >= 4 is 5.69 Å². The molecular weight excluding hydrogens is 210 g/mol. The molecule has 17 heavy (non-hydrogen) atoms. The Labute approximate surface area is 103 Å². The molecule has 3 heteroatoms. The third-order valence-corrected chi connectivity index (χ3v) is 3.73. The molecule has 2 N–H and O–H groups in total. The first-order valence-electron chi connectivity index (χ1n) is 6.70. The average molecular weight is 231 g/mol. The molecular formula is C14H21N3. The van der Waals surface area contributed by atoms with Crippen LogP contribution in [0.25, 0.3) is 0 Å². The van der Waals surface area contributed by atoms with Crippen molar-refractivity contribution in [2.45, 2.75) is 19.4 Å². The number of nitrogens with zero attached hydrogens (tertiary/aromatic N) is 1. The number of hydrogen-bond donors (Lipinski definition) is 2. The molecule has 0 aromatic heterocycles. The number of rotatable bonds is 2. The van der Waals surface area contributed by atoms with Gasteiger partial charge in [-0.2, -0.15) is 0 Å². The Morgan fingerprint density at radius 2 is 2.00 bits per heavy atom. The van der Waals surface area contributed by atoms with Gasteiger partial charge in [0, 0.05) is 45.0 Å². The van der Waals surface area contributed by atoms with E-state index in [1.165, 1.54) is 42.7 Å². The Balaban J connectivity index is 1.70. The maximum absolute atomic E-state index is 3.51. The van der Waals surface area contributed by atoms with E-state index in [0.717, 1.165) is 26.2 Å². The van der Waals surface area contributed by atoms with Crippen molar-refractivity contribution < 1.29 is 0 Å². The van der Waals surface area contributed by atoms with Gasteiger partial charge in [-0.3, -0.25) is 4.90 Å². The highest BCUT2D eigenvalue weighted by Crippen LogP contribution is 2.23. The summed E-state index contributed by atoms with van der Waals surface area (Å²) >= 11 is 0. The average Bonchev–Trinajstić information content (AvgIpc) is 2.40. The largest absolute Gasteiger partial charge is 0.385 e. The van der Waals surface area contributed by atoms with Crippen molar-refractivity contribution in [2.75, 3.05) is 38.0 Å². The van der Waals surface area contributed by atoms with Crippen LogP contribution in [-0.2, 0) is 13.0 Å². The summed E-state index contributed by atoms with van der Waals surface area (Å²) in [5, 5.41) is 6.91. The maximum atomic E-state index is 3.51. The van der Waals surface area contributed by atoms with E-state index >= 15 is 0 Å². The molecule has 2 aliphatic rings. The standard InChI is InChI=1S/C14H21N3/c1-2-13-4-3-12(10-14(13)16-5-1)11-17-8-6-15-7-9-17/h3-4,10,15-16H,1-2,5-9,11H2. The molecule has 92 valence electrons. The Bertz CT molecular complexity index is 383. The van der Waals surface area contributed by atoms with E-state index in [2.05, 4.69) is 33.7 Å². The fourth-order valence-corrected chi connectivity index (χ4v) is 2.73. The lowest BCUT2D eigenvalue weighted by Gasteiger charge is -2.28. The summed E-state index contributed by atoms with van der Waals surface area (Å²) in [5.74, 6) is 0. The monoisotopic (exact) mass is 231 g/mol. The number of nitrogens with one attached hydrogen (secondary N) is 2. The van der Waals surface area contributed by atoms with Crippen molar-refractivity contribution in [2.24, 2.45) is 0 Å². The van der Waals surface area contributed by atoms with Gasteiger partial charge in [0.25, 0.3) is 0 Å². The van der Waals surface area contributed by atoms with Crippen LogP contribution in [0.4, 0.5) is 5.69 Å². The van der Waals surface area contributed by atoms with Crippen molar-refractivity contribution in [3.8, 4) is 0 Å². The number of benzene rings is 1. The molecule has 1 saturated heterocycles. The SMILES string of the molecule is c1cc2c(cc1CN1CCNCC1)NCCC2. The molecule has 0 amide bonds. The third-order valence-electron chi connectivity index (χ3n) is 3.73. The molecule has 0 radical (unpaired) electrons. The van der Waals surface area contributed by atoms with E-state index in [9.17, 15) is 0 Å². The van der Waals surface area contributed by atoms with Crippen LogP contribution in [0.5, 0.6) is 0 Å². The van der Waals surface area contributed by atoms with Crippen LogP contribution >= 0.6 is 0 Å². The molecule has 1 fully saturated rings. The van der Waals surface area contributed by atoms with E-state index in [4.69, 9.17) is 0 Å². The van der Waals surface area contributed by atoms with Crippen LogP contribution in [-0.4, -0.2) is 37.6 Å². The fraction of sp³-hybridized carbons (Fsp3) is 0.571. The summed E-state index contributed by atoms with van der Waals surface area (Å²) in [6, 6.07) is 6.95. The number of piperazine rings is 1. The lowest BCUT2D eigenvalue weighted by molar-refractivity contribution is 0.233. The van der Waals surface area contributed by atoms with E-state index in [1.54, 1.807) is 0 Å². The van der Waals surface area contributed by atoms with Crippen LogP contribution in [0.3, 0.4) is 0 Å². The van der Waals surface area contributed by atoms with Crippen LogP contribution in [0.1, 0.15) is 17.5 Å². The van der Waals surface area contributed by atoms with Crippen molar-refractivity contribution in [3.63, 3.8) is 0 Å². The summed E-state index contributed by atoms with van der Waals surface area (Å²) in [5.41, 5.74) is 4.30. The van der Waals surface area contributed by atoms with E-state index in [-0.39, 0.29) is 0 Å². The summed E-state index contributed by atoms with van der Waals surface area (Å²) in [7, 11) is 0. The number of anilines is 1. The van der Waals surface area contributed by atoms with Crippen molar-refractivity contribution in [3.05, 3.63) is 29.3 Å². The summed E-state index contributed by atoms with van der Waals surface area (Å²) in [6.45, 7) is 6.82. The second kappa shape index (κ2) is 5.07. The molecule has 0 saturated carbocycles. The second-order valence-electron chi connectivity index (χ2n) is 5.05. The zero-order chi connectivity index (χ0) is 11.5. The smallest absolute Gasteiger partial charge is 0.0375 e. The highest BCUT2D eigenvalue weighted by molar-refractivity contribution is 5.54. The Kier molecular flexibility index (Phi) is 3.29. The van der Waals surface area contributed by atoms with Gasteiger partial charge in [-0.1, -0.05) is 12.1 Å². The zero-order valence-corrected chi connectivity index (χ0v) is 10.3. The van der Waals surface area contributed by atoms with Gasteiger partial charge in [-0.25, -0.2) is 0 Å². The molecule has 2 heterocycles. The highest BCUT2D eigenvalue weighted by Gasteiger charge is 2.12. The molecule has 0 bridgehead atoms. The van der Waals surface area contributed by atoms with Gasteiger partial charge in [-0.15, -0.1) is 0 Å². The van der Waals surface area contributed by atoms with Crippen LogP contribution in [0, 0.1) is 0 Å². The Hall–Kier alpha value is -1.06. The van der Waals surface area contributed by atoms with E-state index in [0.29, 0.717) is 0 Å². The fourth-order valence-electron chi connectivity index (χ4n) is 2.73. The van der Waals surface area contributed by atoms with Crippen LogP contribution in [0.2, 0.25) is 0 Å². The molecule has 0 aliphatic carbocycles. The lowest BCUT2D eigenvalue weighted by atomic mass is 10.0. The molecule has 0 unspecified atom stereocenters. The van der Waals surface area contributed by atoms with Crippen molar-refractivity contribution in [1.29, 1.82) is 0 Å². The van der Waals surface area contributed by atoms with Gasteiger partial charge in [0.05, 0.1) is 0 Å². The van der Waals surface area contributed by atoms with Crippen LogP contribution < -0.4 is 10.6 Å². The third kappa shape index (κ3) is 2.61. The predicted molar refractivity (Wildman–Crippen MR) is 71.4 cm³/mol. The molecule has 0 spiro atoms. The number of fused-ring (bicyclic) bond motifs is 1. The number of hydrogen-bond acceptors (Lipinski definition) is 3. The second-order valence-corrected chi connectivity index (χ2v) is 5.05. The molecule has 3 rings (SSSR count). The minimum atomic E-state index is 1.09. The molecule has 2 aliphatic heterocycles. The molecule has 1 aromatic carbocycles. The zero-order valence-electron chi connectivity index (χ0n) is 10.3. The van der Waals surface area contributed by atoms with Gasteiger partial charge in [0.2, 0.25) is 0 Å². The predicted octanol–water partition coefficient (Wildman–Crippen LogP) is 1.45. The van der Waals surface area contributed by atoms with E-state index in [1.807, 2.05) is 0 Å². The van der Waals surface area contributed by atoms with Gasteiger partial charge >= 0.3 is 0 Å². The van der Waals surface area contributed by atoms with Crippen molar-refractivity contribution in [1.82, 2.24) is 10.2 Å². The molecule has 1 aromatic rings. The summed E-state index contributed by atoms with van der Waals surface area (Å²) in [4.78, 5) is 2.53. The minimum absolute atomic E-state index is 1.09. The van der Waals surface area contributed by atoms with Gasteiger partial charge < -0.3 is 10.6 Å². The van der Waals surface area contributed by atoms with E-state index < -0.39 is 0 Å². The van der Waals surface area contributed by atoms with Gasteiger partial charge in [0.15, 0.2) is 0 Å². The van der Waals surface area contributed by atoms with Crippen LogP contribution in [0.15, 0.2) is 18.2 Å². The summed E-state index contributed by atoms with van der Waals surface area (Å²) < 4.78 is 0. The molecule has 3 nitrogen and oxygen atoms in total. The maximum Gasteiger partial charge on any atom is 0.0375 e. The quantitative estimate of drug-likeness (QED) is 0.807. The lowest BCUT2D eigenvalue weighted by Crippen LogP contribution is -2.42. The first-order chi connectivity index (χ1) is 8.42.